The van der Waals surface area contributed by atoms with Crippen molar-refractivity contribution >= 4 is 0 Å². The lowest BCUT2D eigenvalue weighted by Crippen LogP contribution is -2.25. The average molecular weight is 166 g/mol. The van der Waals surface area contributed by atoms with Crippen molar-refractivity contribution in [1.82, 2.24) is 0 Å². The van der Waals surface area contributed by atoms with Gasteiger partial charge in [0.2, 0.25) is 0 Å². The van der Waals surface area contributed by atoms with Crippen LogP contribution in [0.15, 0.2) is 18.2 Å². The third-order valence-corrected chi connectivity index (χ3v) is 2.23. The molecule has 0 atom stereocenters. The van der Waals surface area contributed by atoms with Gasteiger partial charge in [0.1, 0.15) is 5.82 Å². The summed E-state index contributed by atoms with van der Waals surface area (Å²) in [7, 11) is 0. The van der Waals surface area contributed by atoms with Crippen LogP contribution in [0.1, 0.15) is 17.0 Å². The normalized spacial score (nSPS) is 17.5. The Kier molecular flexibility index (Phi) is 1.85. The molecule has 0 radical (unpaired) electrons. The molecule has 1 aromatic rings. The highest BCUT2D eigenvalue weighted by Gasteiger charge is 2.23. The highest BCUT2D eigenvalue weighted by Crippen LogP contribution is 2.26. The summed E-state index contributed by atoms with van der Waals surface area (Å²) >= 11 is 0. The molecule has 1 fully saturated rings. The van der Waals surface area contributed by atoms with E-state index in [-0.39, 0.29) is 11.7 Å². The summed E-state index contributed by atoms with van der Waals surface area (Å²) in [5, 5.41) is 0. The molecule has 1 nitrogen and oxygen atoms in total. The Morgan fingerprint density at radius 2 is 2.17 bits per heavy atom. The Balaban J connectivity index is 2.31. The quantitative estimate of drug-likeness (QED) is 0.621. The fourth-order valence-electron chi connectivity index (χ4n) is 1.38. The van der Waals surface area contributed by atoms with E-state index in [1.165, 1.54) is 0 Å². The van der Waals surface area contributed by atoms with Crippen molar-refractivity contribution in [3.05, 3.63) is 35.1 Å². The number of ether oxygens (including phenoxy) is 1. The largest absolute Gasteiger partial charge is 0.380 e. The van der Waals surface area contributed by atoms with Gasteiger partial charge in [0.25, 0.3) is 0 Å². The van der Waals surface area contributed by atoms with Gasteiger partial charge in [0.05, 0.1) is 13.2 Å². The second-order valence-corrected chi connectivity index (χ2v) is 3.26. The van der Waals surface area contributed by atoms with Crippen LogP contribution < -0.4 is 0 Å². The Labute approximate surface area is 71.2 Å². The van der Waals surface area contributed by atoms with Crippen molar-refractivity contribution in [2.24, 2.45) is 0 Å². The smallest absolute Gasteiger partial charge is 0.127 e. The second-order valence-electron chi connectivity index (χ2n) is 3.26. The molecule has 64 valence electrons. The third kappa shape index (κ3) is 1.23. The Morgan fingerprint density at radius 1 is 1.42 bits per heavy atom. The molecule has 0 aliphatic carbocycles. The summed E-state index contributed by atoms with van der Waals surface area (Å²) < 4.78 is 18.3. The fourth-order valence-corrected chi connectivity index (χ4v) is 1.38. The van der Waals surface area contributed by atoms with E-state index in [4.69, 9.17) is 4.74 Å². The van der Waals surface area contributed by atoms with E-state index in [1.807, 2.05) is 19.1 Å². The van der Waals surface area contributed by atoms with E-state index in [0.29, 0.717) is 13.2 Å². The van der Waals surface area contributed by atoms with Crippen LogP contribution in [0.5, 0.6) is 0 Å². The molecule has 1 heterocycles. The van der Waals surface area contributed by atoms with E-state index in [9.17, 15) is 4.39 Å². The molecule has 1 aliphatic rings. The number of hydrogen-bond acceptors (Lipinski definition) is 1. The monoisotopic (exact) mass is 166 g/mol. The molecule has 0 N–H and O–H groups in total. The number of rotatable bonds is 1. The molecular formula is C10H11FO. The van der Waals surface area contributed by atoms with Crippen molar-refractivity contribution in [3.8, 4) is 0 Å². The second kappa shape index (κ2) is 2.87. The lowest BCUT2D eigenvalue weighted by atomic mass is 9.96. The first-order chi connectivity index (χ1) is 5.77. The van der Waals surface area contributed by atoms with Crippen LogP contribution in [0.4, 0.5) is 4.39 Å². The van der Waals surface area contributed by atoms with E-state index in [2.05, 4.69) is 0 Å². The summed E-state index contributed by atoms with van der Waals surface area (Å²) in [4.78, 5) is 0. The van der Waals surface area contributed by atoms with Gasteiger partial charge in [-0.3, -0.25) is 0 Å². The first-order valence-corrected chi connectivity index (χ1v) is 4.11. The number of halogens is 1. The van der Waals surface area contributed by atoms with Gasteiger partial charge in [0, 0.05) is 5.92 Å². The Bertz CT molecular complexity index is 292. The van der Waals surface area contributed by atoms with Gasteiger partial charge in [-0.1, -0.05) is 12.1 Å². The first-order valence-electron chi connectivity index (χ1n) is 4.11. The molecule has 0 saturated carbocycles. The molecule has 0 aromatic heterocycles. The van der Waals surface area contributed by atoms with E-state index in [0.717, 1.165) is 11.1 Å². The van der Waals surface area contributed by atoms with Crippen LogP contribution in [0.3, 0.4) is 0 Å². The van der Waals surface area contributed by atoms with Gasteiger partial charge >= 0.3 is 0 Å². The first kappa shape index (κ1) is 7.74. The lowest BCUT2D eigenvalue weighted by molar-refractivity contribution is 0.00702. The van der Waals surface area contributed by atoms with Crippen molar-refractivity contribution in [2.75, 3.05) is 13.2 Å². The summed E-state index contributed by atoms with van der Waals surface area (Å²) in [5.74, 6) is 0.189. The Hall–Kier alpha value is -0.890. The van der Waals surface area contributed by atoms with Crippen LogP contribution >= 0.6 is 0 Å². The summed E-state index contributed by atoms with van der Waals surface area (Å²) in [6, 6.07) is 5.38. The molecule has 1 aromatic carbocycles. The van der Waals surface area contributed by atoms with Gasteiger partial charge in [0.15, 0.2) is 0 Å². The maximum Gasteiger partial charge on any atom is 0.127 e. The molecule has 0 unspecified atom stereocenters. The standard InChI is InChI=1S/C10H11FO/c1-7-2-3-9(10(11)4-7)8-5-12-6-8/h2-4,8H,5-6H2,1H3. The van der Waals surface area contributed by atoms with Crippen molar-refractivity contribution in [2.45, 2.75) is 12.8 Å². The lowest BCUT2D eigenvalue weighted by Gasteiger charge is -2.26. The maximum absolute atomic E-state index is 13.3. The Morgan fingerprint density at radius 3 is 2.67 bits per heavy atom. The topological polar surface area (TPSA) is 9.23 Å². The minimum absolute atomic E-state index is 0.0942. The third-order valence-electron chi connectivity index (χ3n) is 2.23. The number of hydrogen-bond donors (Lipinski definition) is 0. The predicted molar refractivity (Wildman–Crippen MR) is 44.7 cm³/mol. The predicted octanol–water partition coefficient (Wildman–Crippen LogP) is 2.25. The molecular weight excluding hydrogens is 155 g/mol. The van der Waals surface area contributed by atoms with E-state index in [1.54, 1.807) is 6.07 Å². The van der Waals surface area contributed by atoms with Gasteiger partial charge < -0.3 is 4.74 Å². The number of benzene rings is 1. The summed E-state index contributed by atoms with van der Waals surface area (Å²) in [6.07, 6.45) is 0. The molecule has 0 spiro atoms. The fraction of sp³-hybridized carbons (Fsp3) is 0.400. The molecule has 2 rings (SSSR count). The zero-order valence-corrected chi connectivity index (χ0v) is 7.01. The van der Waals surface area contributed by atoms with Crippen LogP contribution in [0.25, 0.3) is 0 Å². The molecule has 12 heavy (non-hydrogen) atoms. The summed E-state index contributed by atoms with van der Waals surface area (Å²) in [5.41, 5.74) is 1.77. The zero-order chi connectivity index (χ0) is 8.55. The van der Waals surface area contributed by atoms with Crippen LogP contribution in [0, 0.1) is 12.7 Å². The minimum atomic E-state index is -0.0942. The van der Waals surface area contributed by atoms with Crippen molar-refractivity contribution < 1.29 is 9.13 Å². The number of aryl methyl sites for hydroxylation is 1. The SMILES string of the molecule is Cc1ccc(C2COC2)c(F)c1. The maximum atomic E-state index is 13.3. The molecule has 0 bridgehead atoms. The zero-order valence-electron chi connectivity index (χ0n) is 7.01. The van der Waals surface area contributed by atoms with Gasteiger partial charge in [-0.15, -0.1) is 0 Å². The molecule has 0 amide bonds. The van der Waals surface area contributed by atoms with E-state index < -0.39 is 0 Å². The van der Waals surface area contributed by atoms with Gasteiger partial charge in [-0.25, -0.2) is 4.39 Å². The molecule has 1 aliphatic heterocycles. The molecule has 2 heteroatoms. The highest BCUT2D eigenvalue weighted by atomic mass is 19.1. The van der Waals surface area contributed by atoms with E-state index >= 15 is 0 Å². The summed E-state index contributed by atoms with van der Waals surface area (Å²) in [6.45, 7) is 3.23. The minimum Gasteiger partial charge on any atom is -0.380 e. The average Bonchev–Trinajstić information content (AvgIpc) is 1.91. The van der Waals surface area contributed by atoms with Crippen LogP contribution in [0.2, 0.25) is 0 Å². The van der Waals surface area contributed by atoms with Crippen LogP contribution in [-0.4, -0.2) is 13.2 Å². The van der Waals surface area contributed by atoms with Gasteiger partial charge in [-0.2, -0.15) is 0 Å². The van der Waals surface area contributed by atoms with Gasteiger partial charge in [-0.05, 0) is 24.1 Å². The molecule has 1 saturated heterocycles. The van der Waals surface area contributed by atoms with Crippen molar-refractivity contribution in [3.63, 3.8) is 0 Å². The highest BCUT2D eigenvalue weighted by molar-refractivity contribution is 5.27. The van der Waals surface area contributed by atoms with Crippen molar-refractivity contribution in [1.29, 1.82) is 0 Å². The van der Waals surface area contributed by atoms with Crippen LogP contribution in [-0.2, 0) is 4.74 Å².